The summed E-state index contributed by atoms with van der Waals surface area (Å²) in [6.45, 7) is 2.15. The van der Waals surface area contributed by atoms with E-state index in [-0.39, 0.29) is 35.2 Å². The first-order chi connectivity index (χ1) is 24.0. The zero-order valence-electron chi connectivity index (χ0n) is 27.1. The quantitative estimate of drug-likeness (QED) is 0.104. The number of rotatable bonds is 12. The van der Waals surface area contributed by atoms with Crippen LogP contribution in [0.4, 0.5) is 52.7 Å². The van der Waals surface area contributed by atoms with E-state index in [1.807, 2.05) is 0 Å². The maximum atomic E-state index is 15.2. The molecule has 0 atom stereocenters. The molecule has 1 nitrogen and oxygen atoms in total. The first-order valence-electron chi connectivity index (χ1n) is 16.3. The Balaban J connectivity index is 1.32. The number of alkyl halides is 6. The van der Waals surface area contributed by atoms with Gasteiger partial charge in [0.15, 0.2) is 0 Å². The van der Waals surface area contributed by atoms with E-state index in [9.17, 15) is 30.7 Å². The molecule has 13 heteroatoms. The fourth-order valence-electron chi connectivity index (χ4n) is 6.64. The van der Waals surface area contributed by atoms with Crippen LogP contribution in [0.15, 0.2) is 60.7 Å². The fourth-order valence-corrected chi connectivity index (χ4v) is 6.64. The van der Waals surface area contributed by atoms with Crippen molar-refractivity contribution in [2.45, 2.75) is 82.7 Å². The van der Waals surface area contributed by atoms with Gasteiger partial charge in [-0.1, -0.05) is 44.7 Å². The lowest BCUT2D eigenvalue weighted by atomic mass is 9.77. The van der Waals surface area contributed by atoms with Crippen molar-refractivity contribution in [2.75, 3.05) is 0 Å². The summed E-state index contributed by atoms with van der Waals surface area (Å²) in [5.74, 6) is -15.6. The summed E-state index contributed by atoms with van der Waals surface area (Å²) in [6.07, 6.45) is -0.754. The minimum atomic E-state index is -5.21. The molecule has 51 heavy (non-hydrogen) atoms. The van der Waals surface area contributed by atoms with E-state index in [0.29, 0.717) is 30.2 Å². The second-order valence-corrected chi connectivity index (χ2v) is 12.8. The van der Waals surface area contributed by atoms with Crippen LogP contribution >= 0.6 is 0 Å². The number of hydrogen-bond acceptors (Lipinski definition) is 1. The topological polar surface area (TPSA) is 9.23 Å². The summed E-state index contributed by atoms with van der Waals surface area (Å²) in [6, 6.07) is 7.10. The smallest absolute Gasteiger partial charge is 0.429 e. The van der Waals surface area contributed by atoms with Gasteiger partial charge in [0.1, 0.15) is 46.2 Å². The average molecular weight is 733 g/mol. The molecule has 274 valence electrons. The van der Waals surface area contributed by atoms with Gasteiger partial charge in [-0.2, -0.15) is 17.6 Å². The van der Waals surface area contributed by atoms with Gasteiger partial charge in [0.2, 0.25) is 0 Å². The third-order valence-electron chi connectivity index (χ3n) is 9.32. The summed E-state index contributed by atoms with van der Waals surface area (Å²) < 4.78 is 176. The van der Waals surface area contributed by atoms with E-state index < -0.39 is 81.4 Å². The maximum absolute atomic E-state index is 15.2. The van der Waals surface area contributed by atoms with Crippen LogP contribution in [0.2, 0.25) is 0 Å². The second kappa shape index (κ2) is 15.2. The van der Waals surface area contributed by atoms with Crippen molar-refractivity contribution >= 4 is 0 Å². The van der Waals surface area contributed by atoms with E-state index in [1.54, 1.807) is 6.07 Å². The molecule has 0 N–H and O–H groups in total. The van der Waals surface area contributed by atoms with Crippen molar-refractivity contribution in [3.05, 3.63) is 112 Å². The van der Waals surface area contributed by atoms with Crippen molar-refractivity contribution in [1.82, 2.24) is 0 Å². The standard InChI is InChI=1S/C38H32F12O/c1-2-3-4-5-20-6-8-21(9-7-20)22-10-12-26(28(39)14-22)24-17-32(43)35(33(44)18-24)38(49,50)51-25-11-13-27(29(40)19-25)23-15-30(41)34(31(42)16-23)37(47,48)36(45)46/h10-21,36H,2-9H2,1H3. The lowest BCUT2D eigenvalue weighted by Crippen LogP contribution is -2.26. The Bertz CT molecular complexity index is 1820. The molecule has 0 radical (unpaired) electrons. The molecule has 0 aliphatic heterocycles. The number of hydrogen-bond donors (Lipinski definition) is 0. The summed E-state index contributed by atoms with van der Waals surface area (Å²) in [5, 5.41) is 0. The molecule has 0 heterocycles. The van der Waals surface area contributed by atoms with Crippen molar-refractivity contribution in [1.29, 1.82) is 0 Å². The van der Waals surface area contributed by atoms with Crippen molar-refractivity contribution in [3.63, 3.8) is 0 Å². The molecule has 0 bridgehead atoms. The molecule has 0 spiro atoms. The van der Waals surface area contributed by atoms with Crippen LogP contribution in [-0.2, 0) is 12.0 Å². The van der Waals surface area contributed by atoms with Gasteiger partial charge in [0.05, 0.1) is 5.56 Å². The van der Waals surface area contributed by atoms with Crippen LogP contribution in [0.5, 0.6) is 5.75 Å². The summed E-state index contributed by atoms with van der Waals surface area (Å²) in [5.41, 5.74) is -5.46. The monoisotopic (exact) mass is 732 g/mol. The maximum Gasteiger partial charge on any atom is 0.432 e. The Hall–Kier alpha value is -4.16. The zero-order valence-corrected chi connectivity index (χ0v) is 27.1. The van der Waals surface area contributed by atoms with Crippen molar-refractivity contribution in [2.24, 2.45) is 5.92 Å². The van der Waals surface area contributed by atoms with Crippen molar-refractivity contribution < 1.29 is 57.4 Å². The molecule has 5 rings (SSSR count). The first kappa shape index (κ1) is 38.1. The van der Waals surface area contributed by atoms with E-state index in [0.717, 1.165) is 44.1 Å². The minimum Gasteiger partial charge on any atom is -0.429 e. The van der Waals surface area contributed by atoms with E-state index in [4.69, 9.17) is 0 Å². The predicted octanol–water partition coefficient (Wildman–Crippen LogP) is 13.2. The molecule has 0 saturated heterocycles. The van der Waals surface area contributed by atoms with Gasteiger partial charge in [-0.05, 0) is 96.7 Å². The zero-order chi connectivity index (χ0) is 37.2. The highest BCUT2D eigenvalue weighted by molar-refractivity contribution is 5.67. The third-order valence-corrected chi connectivity index (χ3v) is 9.32. The van der Waals surface area contributed by atoms with Gasteiger partial charge in [-0.15, -0.1) is 0 Å². The van der Waals surface area contributed by atoms with Crippen molar-refractivity contribution in [3.8, 4) is 28.0 Å². The number of unbranched alkanes of at least 4 members (excludes halogenated alkanes) is 2. The number of halogens is 12. The predicted molar refractivity (Wildman–Crippen MR) is 167 cm³/mol. The average Bonchev–Trinajstić information content (AvgIpc) is 3.04. The Labute approximate surface area is 286 Å². The lowest BCUT2D eigenvalue weighted by molar-refractivity contribution is -0.189. The van der Waals surface area contributed by atoms with Crippen LogP contribution in [-0.4, -0.2) is 6.43 Å². The highest BCUT2D eigenvalue weighted by atomic mass is 19.3. The van der Waals surface area contributed by atoms with Crippen LogP contribution in [0, 0.1) is 40.8 Å². The van der Waals surface area contributed by atoms with Gasteiger partial charge in [0.25, 0.3) is 0 Å². The minimum absolute atomic E-state index is 0.121. The molecule has 0 unspecified atom stereocenters. The largest absolute Gasteiger partial charge is 0.432 e. The van der Waals surface area contributed by atoms with Gasteiger partial charge >= 0.3 is 18.5 Å². The Morgan fingerprint density at radius 2 is 1.14 bits per heavy atom. The van der Waals surface area contributed by atoms with E-state index in [2.05, 4.69) is 11.7 Å². The highest BCUT2D eigenvalue weighted by Crippen LogP contribution is 2.43. The van der Waals surface area contributed by atoms with Crippen LogP contribution in [0.3, 0.4) is 0 Å². The molecule has 1 fully saturated rings. The SMILES string of the molecule is CCCCCC1CCC(c2ccc(-c3cc(F)c(C(F)(F)Oc4ccc(-c5cc(F)c(C(F)(F)C(F)F)c(F)c5)c(F)c4)c(F)c3)c(F)c2)CC1. The van der Waals surface area contributed by atoms with Crippen LogP contribution < -0.4 is 4.74 Å². The third kappa shape index (κ3) is 8.17. The molecule has 1 aliphatic rings. The molecule has 0 amide bonds. The van der Waals surface area contributed by atoms with Gasteiger partial charge in [0, 0.05) is 17.2 Å². The number of ether oxygens (including phenoxy) is 1. The van der Waals surface area contributed by atoms with E-state index >= 15 is 22.0 Å². The molecule has 1 aliphatic carbocycles. The molecule has 4 aromatic rings. The normalized spacial score (nSPS) is 16.9. The lowest BCUT2D eigenvalue weighted by Gasteiger charge is -2.29. The first-order valence-corrected chi connectivity index (χ1v) is 16.3. The molecule has 0 aromatic heterocycles. The second-order valence-electron chi connectivity index (χ2n) is 12.8. The van der Waals surface area contributed by atoms with Gasteiger partial charge < -0.3 is 4.74 Å². The molecule has 4 aromatic carbocycles. The van der Waals surface area contributed by atoms with Crippen LogP contribution in [0.25, 0.3) is 22.3 Å². The molecular formula is C38H32F12O. The highest BCUT2D eigenvalue weighted by Gasteiger charge is 2.47. The van der Waals surface area contributed by atoms with E-state index in [1.165, 1.54) is 25.0 Å². The van der Waals surface area contributed by atoms with Gasteiger partial charge in [-0.3, -0.25) is 0 Å². The Morgan fingerprint density at radius 1 is 0.627 bits per heavy atom. The number of benzene rings is 4. The summed E-state index contributed by atoms with van der Waals surface area (Å²) in [4.78, 5) is 0. The van der Waals surface area contributed by atoms with Gasteiger partial charge in [-0.25, -0.2) is 35.1 Å². The van der Waals surface area contributed by atoms with Crippen LogP contribution in [0.1, 0.15) is 80.9 Å². The summed E-state index contributed by atoms with van der Waals surface area (Å²) >= 11 is 0. The molecular weight excluding hydrogens is 700 g/mol. The Morgan fingerprint density at radius 3 is 1.63 bits per heavy atom. The Kier molecular flexibility index (Phi) is 11.4. The summed E-state index contributed by atoms with van der Waals surface area (Å²) in [7, 11) is 0. The molecule has 1 saturated carbocycles. The fraction of sp³-hybridized carbons (Fsp3) is 0.368.